The molecule has 0 aliphatic rings. The lowest BCUT2D eigenvalue weighted by Crippen LogP contribution is -2.28. The van der Waals surface area contributed by atoms with Gasteiger partial charge in [0, 0.05) is 25.4 Å². The Bertz CT molecular complexity index is 889. The summed E-state index contributed by atoms with van der Waals surface area (Å²) in [5.74, 6) is 1.67. The molecule has 0 atom stereocenters. The van der Waals surface area contributed by atoms with Gasteiger partial charge in [-0.05, 0) is 18.2 Å². The molecule has 3 aromatic heterocycles. The molecule has 3 aromatic rings. The van der Waals surface area contributed by atoms with Crippen molar-refractivity contribution in [2.45, 2.75) is 0 Å². The van der Waals surface area contributed by atoms with Crippen LogP contribution in [0.15, 0.2) is 42.9 Å². The first-order valence-corrected chi connectivity index (χ1v) is 9.16. The molecule has 0 unspecified atom stereocenters. The van der Waals surface area contributed by atoms with E-state index >= 15 is 0 Å². The van der Waals surface area contributed by atoms with Crippen molar-refractivity contribution in [3.05, 3.63) is 57.1 Å². The van der Waals surface area contributed by atoms with Gasteiger partial charge >= 0.3 is 0 Å². The number of hydrogen-bond donors (Lipinski definition) is 3. The highest BCUT2D eigenvalue weighted by Gasteiger charge is 2.13. The fourth-order valence-corrected chi connectivity index (χ4v) is 3.51. The molecule has 10 heteroatoms. The summed E-state index contributed by atoms with van der Waals surface area (Å²) in [6.45, 7) is 0.886. The summed E-state index contributed by atoms with van der Waals surface area (Å²) in [7, 11) is 0. The van der Waals surface area contributed by atoms with Crippen LogP contribution >= 0.6 is 34.5 Å². The quantitative estimate of drug-likeness (QED) is 0.514. The molecule has 1 amide bonds. The van der Waals surface area contributed by atoms with E-state index in [-0.39, 0.29) is 5.91 Å². The van der Waals surface area contributed by atoms with E-state index in [0.717, 1.165) is 11.3 Å². The van der Waals surface area contributed by atoms with Crippen LogP contribution < -0.4 is 16.0 Å². The van der Waals surface area contributed by atoms with Crippen LogP contribution in [-0.2, 0) is 0 Å². The third-order valence-electron chi connectivity index (χ3n) is 3.21. The SMILES string of the molecule is O=C(NCCNc1cc(Nc2ccccn2)ncn1)c1cc(Cl)sc1Cl. The number of amides is 1. The van der Waals surface area contributed by atoms with Crippen LogP contribution in [0.5, 0.6) is 0 Å². The Kier molecular flexibility index (Phi) is 6.21. The van der Waals surface area contributed by atoms with Crippen LogP contribution in [0.3, 0.4) is 0 Å². The van der Waals surface area contributed by atoms with Crippen molar-refractivity contribution in [1.29, 1.82) is 0 Å². The van der Waals surface area contributed by atoms with E-state index in [9.17, 15) is 4.79 Å². The van der Waals surface area contributed by atoms with E-state index in [2.05, 4.69) is 30.9 Å². The highest BCUT2D eigenvalue weighted by atomic mass is 35.5. The lowest BCUT2D eigenvalue weighted by molar-refractivity contribution is 0.0956. The van der Waals surface area contributed by atoms with E-state index in [1.165, 1.54) is 6.33 Å². The zero-order valence-corrected chi connectivity index (χ0v) is 15.7. The molecular weight excluding hydrogens is 395 g/mol. The number of thiophene rings is 1. The second-order valence-corrected chi connectivity index (χ2v) is 7.33. The van der Waals surface area contributed by atoms with Crippen LogP contribution in [0.2, 0.25) is 8.67 Å². The van der Waals surface area contributed by atoms with Gasteiger partial charge < -0.3 is 16.0 Å². The standard InChI is InChI=1S/C16H14Cl2N6OS/c17-11-7-10(15(18)26-11)16(25)21-6-5-20-13-8-14(23-9-22-13)24-12-3-1-2-4-19-12/h1-4,7-9H,5-6H2,(H,21,25)(H2,19,20,22,23,24). The lowest BCUT2D eigenvalue weighted by atomic mass is 10.3. The second-order valence-electron chi connectivity index (χ2n) is 5.05. The van der Waals surface area contributed by atoms with Gasteiger partial charge in [0.2, 0.25) is 0 Å². The molecule has 0 bridgehead atoms. The Morgan fingerprint density at radius 1 is 1.04 bits per heavy atom. The first kappa shape index (κ1) is 18.4. The molecule has 3 heterocycles. The van der Waals surface area contributed by atoms with Gasteiger partial charge in [-0.1, -0.05) is 29.3 Å². The Hall–Kier alpha value is -2.42. The average Bonchev–Trinajstić information content (AvgIpc) is 2.98. The summed E-state index contributed by atoms with van der Waals surface area (Å²) >= 11 is 13.0. The first-order chi connectivity index (χ1) is 12.6. The summed E-state index contributed by atoms with van der Waals surface area (Å²) in [5.41, 5.74) is 0.380. The number of aromatic nitrogens is 3. The molecule has 0 aliphatic carbocycles. The largest absolute Gasteiger partial charge is 0.368 e. The third-order valence-corrected chi connectivity index (χ3v) is 4.69. The lowest BCUT2D eigenvalue weighted by Gasteiger charge is -2.09. The normalized spacial score (nSPS) is 10.4. The Morgan fingerprint density at radius 2 is 1.88 bits per heavy atom. The van der Waals surface area contributed by atoms with Gasteiger partial charge in [-0.2, -0.15) is 0 Å². The molecule has 3 rings (SSSR count). The van der Waals surface area contributed by atoms with E-state index in [0.29, 0.717) is 44.8 Å². The van der Waals surface area contributed by atoms with Gasteiger partial charge in [0.25, 0.3) is 5.91 Å². The van der Waals surface area contributed by atoms with Crippen LogP contribution in [0, 0.1) is 0 Å². The summed E-state index contributed by atoms with van der Waals surface area (Å²) in [6.07, 6.45) is 3.14. The van der Waals surface area contributed by atoms with E-state index in [4.69, 9.17) is 23.2 Å². The van der Waals surface area contributed by atoms with Gasteiger partial charge in [0.15, 0.2) is 0 Å². The number of rotatable bonds is 7. The zero-order chi connectivity index (χ0) is 18.4. The number of anilines is 3. The maximum Gasteiger partial charge on any atom is 0.253 e. The number of hydrogen-bond acceptors (Lipinski definition) is 7. The summed E-state index contributed by atoms with van der Waals surface area (Å²) < 4.78 is 0.855. The molecule has 0 aromatic carbocycles. The molecule has 0 saturated heterocycles. The molecule has 0 fully saturated rings. The minimum Gasteiger partial charge on any atom is -0.368 e. The molecule has 0 radical (unpaired) electrons. The molecule has 7 nitrogen and oxygen atoms in total. The molecular formula is C16H14Cl2N6OS. The van der Waals surface area contributed by atoms with Gasteiger partial charge in [-0.15, -0.1) is 11.3 Å². The van der Waals surface area contributed by atoms with Crippen molar-refractivity contribution >= 4 is 57.9 Å². The van der Waals surface area contributed by atoms with Crippen molar-refractivity contribution in [2.24, 2.45) is 0 Å². The predicted molar refractivity (Wildman–Crippen MR) is 105 cm³/mol. The van der Waals surface area contributed by atoms with Gasteiger partial charge in [-0.25, -0.2) is 15.0 Å². The van der Waals surface area contributed by atoms with Gasteiger partial charge in [0.1, 0.15) is 28.1 Å². The first-order valence-electron chi connectivity index (χ1n) is 7.59. The number of pyridine rings is 1. The Balaban J connectivity index is 1.48. The van der Waals surface area contributed by atoms with Crippen LogP contribution in [0.25, 0.3) is 0 Å². The van der Waals surface area contributed by atoms with Crippen molar-refractivity contribution < 1.29 is 4.79 Å². The van der Waals surface area contributed by atoms with E-state index in [1.54, 1.807) is 18.3 Å². The average molecular weight is 409 g/mol. The molecule has 26 heavy (non-hydrogen) atoms. The van der Waals surface area contributed by atoms with Crippen molar-refractivity contribution in [3.8, 4) is 0 Å². The highest BCUT2D eigenvalue weighted by Crippen LogP contribution is 2.30. The fraction of sp³-hybridized carbons (Fsp3) is 0.125. The van der Waals surface area contributed by atoms with Crippen LogP contribution in [0.1, 0.15) is 10.4 Å². The maximum absolute atomic E-state index is 12.0. The minimum atomic E-state index is -0.264. The summed E-state index contributed by atoms with van der Waals surface area (Å²) in [6, 6.07) is 8.87. The Morgan fingerprint density at radius 3 is 2.62 bits per heavy atom. The van der Waals surface area contributed by atoms with E-state index in [1.807, 2.05) is 18.2 Å². The van der Waals surface area contributed by atoms with Crippen LogP contribution in [-0.4, -0.2) is 33.9 Å². The maximum atomic E-state index is 12.0. The molecule has 0 aliphatic heterocycles. The molecule has 0 saturated carbocycles. The number of carbonyl (C=O) groups excluding carboxylic acids is 1. The van der Waals surface area contributed by atoms with Gasteiger partial charge in [-0.3, -0.25) is 4.79 Å². The number of carbonyl (C=O) groups is 1. The second kappa shape index (κ2) is 8.79. The summed E-state index contributed by atoms with van der Waals surface area (Å²) in [4.78, 5) is 24.5. The van der Waals surface area contributed by atoms with Gasteiger partial charge in [0.05, 0.1) is 9.90 Å². The van der Waals surface area contributed by atoms with Crippen LogP contribution in [0.4, 0.5) is 17.5 Å². The monoisotopic (exact) mass is 408 g/mol. The smallest absolute Gasteiger partial charge is 0.253 e. The third kappa shape index (κ3) is 5.04. The molecule has 134 valence electrons. The minimum absolute atomic E-state index is 0.264. The zero-order valence-electron chi connectivity index (χ0n) is 13.4. The van der Waals surface area contributed by atoms with Crippen molar-refractivity contribution in [1.82, 2.24) is 20.3 Å². The molecule has 0 spiro atoms. The summed E-state index contributed by atoms with van der Waals surface area (Å²) in [5, 5.41) is 8.97. The number of nitrogens with one attached hydrogen (secondary N) is 3. The Labute approximate surface area is 163 Å². The van der Waals surface area contributed by atoms with Crippen molar-refractivity contribution in [2.75, 3.05) is 23.7 Å². The van der Waals surface area contributed by atoms with E-state index < -0.39 is 0 Å². The van der Waals surface area contributed by atoms with Crippen molar-refractivity contribution in [3.63, 3.8) is 0 Å². The highest BCUT2D eigenvalue weighted by molar-refractivity contribution is 7.20. The number of nitrogens with zero attached hydrogens (tertiary/aromatic N) is 3. The topological polar surface area (TPSA) is 91.8 Å². The number of halogens is 2. The fourth-order valence-electron chi connectivity index (χ4n) is 2.05. The molecule has 3 N–H and O–H groups in total. The predicted octanol–water partition coefficient (Wildman–Crippen LogP) is 3.83.